The van der Waals surface area contributed by atoms with Crippen LogP contribution < -0.4 is 0 Å². The Morgan fingerprint density at radius 1 is 0.900 bits per heavy atom. The van der Waals surface area contributed by atoms with Crippen LogP contribution in [-0.4, -0.2) is 4.57 Å². The lowest BCUT2D eigenvalue weighted by atomic mass is 10.1. The van der Waals surface area contributed by atoms with E-state index in [1.165, 1.54) is 41.3 Å². The van der Waals surface area contributed by atoms with E-state index in [1.54, 1.807) is 0 Å². The normalized spacial score (nSPS) is 11.1. The van der Waals surface area contributed by atoms with E-state index >= 15 is 0 Å². The third kappa shape index (κ3) is 2.93. The van der Waals surface area contributed by atoms with E-state index in [4.69, 9.17) is 0 Å². The summed E-state index contributed by atoms with van der Waals surface area (Å²) in [6.45, 7) is 3.27. The third-order valence-electron chi connectivity index (χ3n) is 3.89. The van der Waals surface area contributed by atoms with Crippen molar-refractivity contribution in [2.75, 3.05) is 0 Å². The summed E-state index contributed by atoms with van der Waals surface area (Å²) in [6.07, 6.45) is 5.87. The maximum absolute atomic E-state index is 2.38. The summed E-state index contributed by atoms with van der Waals surface area (Å²) in [4.78, 5) is 0. The van der Waals surface area contributed by atoms with Gasteiger partial charge in [-0.15, -0.1) is 0 Å². The average Bonchev–Trinajstić information content (AvgIpc) is 2.87. The Bertz CT molecular complexity index is 679. The molecular weight excluding hydrogens is 242 g/mol. The fraction of sp³-hybridized carbons (Fsp3) is 0.263. The molecule has 2 aromatic carbocycles. The number of rotatable bonds is 5. The molecule has 102 valence electrons. The second-order valence-corrected chi connectivity index (χ2v) is 5.51. The quantitative estimate of drug-likeness (QED) is 0.573. The van der Waals surface area contributed by atoms with Crippen molar-refractivity contribution in [3.8, 4) is 0 Å². The van der Waals surface area contributed by atoms with Crippen molar-refractivity contribution in [1.29, 1.82) is 0 Å². The molecule has 0 radical (unpaired) electrons. The van der Waals surface area contributed by atoms with E-state index in [0.29, 0.717) is 0 Å². The van der Waals surface area contributed by atoms with Gasteiger partial charge in [0.25, 0.3) is 0 Å². The number of nitrogens with zero attached hydrogens (tertiary/aromatic N) is 1. The predicted molar refractivity (Wildman–Crippen MR) is 86.1 cm³/mol. The topological polar surface area (TPSA) is 4.93 Å². The van der Waals surface area contributed by atoms with Crippen LogP contribution in [0.2, 0.25) is 0 Å². The standard InChI is InChI=1S/C19H21N/c1-16-10-11-18-12-14-20(19(18)15-16)13-6-5-9-17-7-3-2-4-8-17/h2-4,7-8,10-12,14-15H,5-6,9,13H2,1H3. The lowest BCUT2D eigenvalue weighted by molar-refractivity contribution is 0.624. The first-order valence-electron chi connectivity index (χ1n) is 7.42. The Kier molecular flexibility index (Phi) is 3.87. The summed E-state index contributed by atoms with van der Waals surface area (Å²) in [5.41, 5.74) is 4.15. The van der Waals surface area contributed by atoms with E-state index in [9.17, 15) is 0 Å². The number of fused-ring (bicyclic) bond motifs is 1. The highest BCUT2D eigenvalue weighted by molar-refractivity contribution is 5.80. The van der Waals surface area contributed by atoms with Crippen LogP contribution in [0.15, 0.2) is 60.8 Å². The van der Waals surface area contributed by atoms with E-state index in [0.717, 1.165) is 6.54 Å². The van der Waals surface area contributed by atoms with Crippen LogP contribution in [0, 0.1) is 6.92 Å². The van der Waals surface area contributed by atoms with Gasteiger partial charge in [-0.05, 0) is 54.8 Å². The van der Waals surface area contributed by atoms with Gasteiger partial charge in [0, 0.05) is 18.3 Å². The van der Waals surface area contributed by atoms with Crippen LogP contribution in [0.3, 0.4) is 0 Å². The van der Waals surface area contributed by atoms with Crippen LogP contribution in [0.1, 0.15) is 24.0 Å². The number of aryl methyl sites for hydroxylation is 3. The molecule has 0 aliphatic rings. The van der Waals surface area contributed by atoms with E-state index < -0.39 is 0 Å². The molecule has 20 heavy (non-hydrogen) atoms. The van der Waals surface area contributed by atoms with Crippen LogP contribution in [0.4, 0.5) is 0 Å². The molecule has 1 aromatic heterocycles. The first-order chi connectivity index (χ1) is 9.83. The second-order valence-electron chi connectivity index (χ2n) is 5.51. The molecule has 1 heteroatoms. The summed E-state index contributed by atoms with van der Waals surface area (Å²) in [6, 6.07) is 19.7. The molecule has 3 aromatic rings. The fourth-order valence-corrected chi connectivity index (χ4v) is 2.74. The summed E-state index contributed by atoms with van der Waals surface area (Å²) in [5, 5.41) is 1.35. The zero-order chi connectivity index (χ0) is 13.8. The highest BCUT2D eigenvalue weighted by Crippen LogP contribution is 2.18. The Morgan fingerprint density at radius 3 is 2.60 bits per heavy atom. The number of hydrogen-bond donors (Lipinski definition) is 0. The lowest BCUT2D eigenvalue weighted by Gasteiger charge is -2.06. The van der Waals surface area contributed by atoms with Crippen molar-refractivity contribution >= 4 is 10.9 Å². The maximum Gasteiger partial charge on any atom is 0.0482 e. The van der Waals surface area contributed by atoms with Crippen molar-refractivity contribution in [3.63, 3.8) is 0 Å². The molecule has 0 bridgehead atoms. The van der Waals surface area contributed by atoms with Gasteiger partial charge in [0.2, 0.25) is 0 Å². The maximum atomic E-state index is 2.38. The third-order valence-corrected chi connectivity index (χ3v) is 3.89. The molecule has 0 aliphatic carbocycles. The molecule has 0 spiro atoms. The van der Waals surface area contributed by atoms with Crippen molar-refractivity contribution < 1.29 is 0 Å². The minimum absolute atomic E-state index is 1.11. The summed E-state index contributed by atoms with van der Waals surface area (Å²) >= 11 is 0. The summed E-state index contributed by atoms with van der Waals surface area (Å²) < 4.78 is 2.38. The van der Waals surface area contributed by atoms with Gasteiger partial charge in [0.1, 0.15) is 0 Å². The van der Waals surface area contributed by atoms with Crippen molar-refractivity contribution in [2.45, 2.75) is 32.7 Å². The molecule has 0 amide bonds. The smallest absolute Gasteiger partial charge is 0.0482 e. The first kappa shape index (κ1) is 13.0. The molecule has 1 nitrogen and oxygen atoms in total. The molecule has 3 rings (SSSR count). The largest absolute Gasteiger partial charge is 0.347 e. The van der Waals surface area contributed by atoms with Gasteiger partial charge < -0.3 is 4.57 Å². The SMILES string of the molecule is Cc1ccc2ccn(CCCCc3ccccc3)c2c1. The zero-order valence-electron chi connectivity index (χ0n) is 12.0. The minimum atomic E-state index is 1.11. The first-order valence-corrected chi connectivity index (χ1v) is 7.42. The molecular formula is C19H21N. The molecule has 0 saturated carbocycles. The van der Waals surface area contributed by atoms with Gasteiger partial charge in [-0.25, -0.2) is 0 Å². The fourth-order valence-electron chi connectivity index (χ4n) is 2.74. The zero-order valence-corrected chi connectivity index (χ0v) is 12.0. The van der Waals surface area contributed by atoms with Crippen LogP contribution in [0.25, 0.3) is 10.9 Å². The Labute approximate surface area is 120 Å². The second kappa shape index (κ2) is 5.96. The number of hydrogen-bond acceptors (Lipinski definition) is 0. The lowest BCUT2D eigenvalue weighted by Crippen LogP contribution is -1.97. The Balaban J connectivity index is 1.59. The van der Waals surface area contributed by atoms with Crippen LogP contribution in [0.5, 0.6) is 0 Å². The molecule has 0 saturated heterocycles. The monoisotopic (exact) mass is 263 g/mol. The summed E-state index contributed by atoms with van der Waals surface area (Å²) in [5.74, 6) is 0. The van der Waals surface area contributed by atoms with Crippen LogP contribution >= 0.6 is 0 Å². The van der Waals surface area contributed by atoms with Gasteiger partial charge in [0.05, 0.1) is 0 Å². The molecule has 0 N–H and O–H groups in total. The van der Waals surface area contributed by atoms with Crippen LogP contribution in [-0.2, 0) is 13.0 Å². The number of unbranched alkanes of at least 4 members (excludes halogenated alkanes) is 1. The van der Waals surface area contributed by atoms with E-state index in [1.807, 2.05) is 0 Å². The average molecular weight is 263 g/mol. The van der Waals surface area contributed by atoms with E-state index in [2.05, 4.69) is 72.3 Å². The predicted octanol–water partition coefficient (Wildman–Crippen LogP) is 4.97. The molecule has 1 heterocycles. The highest BCUT2D eigenvalue weighted by Gasteiger charge is 2.01. The van der Waals surface area contributed by atoms with Gasteiger partial charge in [0.15, 0.2) is 0 Å². The molecule has 0 unspecified atom stereocenters. The van der Waals surface area contributed by atoms with Crippen molar-refractivity contribution in [2.24, 2.45) is 0 Å². The van der Waals surface area contributed by atoms with Crippen molar-refractivity contribution in [3.05, 3.63) is 71.9 Å². The Morgan fingerprint density at radius 2 is 1.75 bits per heavy atom. The van der Waals surface area contributed by atoms with Gasteiger partial charge in [-0.2, -0.15) is 0 Å². The minimum Gasteiger partial charge on any atom is -0.347 e. The highest BCUT2D eigenvalue weighted by atomic mass is 14.9. The van der Waals surface area contributed by atoms with E-state index in [-0.39, 0.29) is 0 Å². The number of aromatic nitrogens is 1. The number of benzene rings is 2. The molecule has 0 aliphatic heterocycles. The summed E-state index contributed by atoms with van der Waals surface area (Å²) in [7, 11) is 0. The van der Waals surface area contributed by atoms with Gasteiger partial charge in [-0.3, -0.25) is 0 Å². The van der Waals surface area contributed by atoms with Gasteiger partial charge >= 0.3 is 0 Å². The Hall–Kier alpha value is -2.02. The molecule has 0 atom stereocenters. The van der Waals surface area contributed by atoms with Gasteiger partial charge in [-0.1, -0.05) is 42.5 Å². The molecule has 0 fully saturated rings. The van der Waals surface area contributed by atoms with Crippen molar-refractivity contribution in [1.82, 2.24) is 4.57 Å².